The number of carbonyl (C=O) groups is 1. The van der Waals surface area contributed by atoms with Crippen LogP contribution in [0.5, 0.6) is 0 Å². The van der Waals surface area contributed by atoms with E-state index < -0.39 is 6.04 Å². The maximum absolute atomic E-state index is 12.1. The van der Waals surface area contributed by atoms with E-state index >= 15 is 0 Å². The van der Waals surface area contributed by atoms with Crippen molar-refractivity contribution in [1.82, 2.24) is 15.0 Å². The van der Waals surface area contributed by atoms with E-state index in [0.717, 1.165) is 23.1 Å². The second-order valence-corrected chi connectivity index (χ2v) is 6.14. The summed E-state index contributed by atoms with van der Waals surface area (Å²) in [4.78, 5) is 26.5. The van der Waals surface area contributed by atoms with Gasteiger partial charge >= 0.3 is 0 Å². The molecule has 0 saturated heterocycles. The van der Waals surface area contributed by atoms with Gasteiger partial charge in [0.2, 0.25) is 0 Å². The third-order valence-electron chi connectivity index (χ3n) is 4.50. The lowest BCUT2D eigenvalue weighted by atomic mass is 9.89. The van der Waals surface area contributed by atoms with Crippen molar-refractivity contribution in [3.05, 3.63) is 96.5 Å². The van der Waals surface area contributed by atoms with Gasteiger partial charge in [0.25, 0.3) is 0 Å². The lowest BCUT2D eigenvalue weighted by Gasteiger charge is -2.33. The molecule has 0 bridgehead atoms. The van der Waals surface area contributed by atoms with Crippen LogP contribution in [0.1, 0.15) is 16.8 Å². The molecule has 0 radical (unpaired) electrons. The third-order valence-corrected chi connectivity index (χ3v) is 4.50. The number of aldehydes is 1. The molecule has 1 aliphatic rings. The molecule has 1 aliphatic heterocycles. The van der Waals surface area contributed by atoms with E-state index in [1.54, 1.807) is 35.6 Å². The van der Waals surface area contributed by atoms with Crippen LogP contribution in [0.4, 0.5) is 5.69 Å². The number of rotatable bonds is 4. The van der Waals surface area contributed by atoms with Crippen molar-refractivity contribution >= 4 is 23.1 Å². The Hall–Kier alpha value is -4.11. The van der Waals surface area contributed by atoms with Crippen LogP contribution >= 0.6 is 0 Å². The van der Waals surface area contributed by atoms with E-state index in [-0.39, 0.29) is 0 Å². The second kappa shape index (κ2) is 7.64. The van der Waals surface area contributed by atoms with Gasteiger partial charge in [-0.15, -0.1) is 0 Å². The summed E-state index contributed by atoms with van der Waals surface area (Å²) in [7, 11) is 0. The van der Waals surface area contributed by atoms with Crippen LogP contribution in [0.3, 0.4) is 0 Å². The van der Waals surface area contributed by atoms with Crippen molar-refractivity contribution in [1.29, 1.82) is 5.26 Å². The maximum Gasteiger partial charge on any atom is 0.147 e. The predicted octanol–water partition coefficient (Wildman–Crippen LogP) is 3.26. The van der Waals surface area contributed by atoms with Crippen LogP contribution in [-0.2, 0) is 4.79 Å². The molecule has 3 heterocycles. The molecular weight excluding hydrogens is 350 g/mol. The maximum atomic E-state index is 12.1. The molecule has 0 aliphatic carbocycles. The lowest BCUT2D eigenvalue weighted by molar-refractivity contribution is -0.107. The topological polar surface area (TPSA) is 82.8 Å². The van der Waals surface area contributed by atoms with Crippen molar-refractivity contribution in [3.8, 4) is 6.07 Å². The molecule has 1 unspecified atom stereocenters. The molecule has 0 amide bonds. The van der Waals surface area contributed by atoms with Crippen molar-refractivity contribution in [2.45, 2.75) is 6.04 Å². The smallest absolute Gasteiger partial charge is 0.147 e. The minimum Gasteiger partial charge on any atom is -0.330 e. The number of carbonyl (C=O) groups excluding carboxylic acids is 1. The fourth-order valence-corrected chi connectivity index (χ4v) is 3.21. The highest BCUT2D eigenvalue weighted by atomic mass is 16.1. The normalized spacial score (nSPS) is 16.0. The zero-order valence-corrected chi connectivity index (χ0v) is 14.8. The Labute approximate surface area is 162 Å². The number of nitriles is 1. The molecular formula is C22H15N5O. The summed E-state index contributed by atoms with van der Waals surface area (Å²) in [6.45, 7) is 0. The van der Waals surface area contributed by atoms with Gasteiger partial charge in [-0.05, 0) is 35.4 Å². The van der Waals surface area contributed by atoms with E-state index in [4.69, 9.17) is 0 Å². The van der Waals surface area contributed by atoms with E-state index in [9.17, 15) is 10.1 Å². The Morgan fingerprint density at radius 3 is 2.57 bits per heavy atom. The molecule has 6 nitrogen and oxygen atoms in total. The molecule has 2 aromatic heterocycles. The average molecular weight is 365 g/mol. The van der Waals surface area contributed by atoms with Gasteiger partial charge in [0.05, 0.1) is 35.4 Å². The van der Waals surface area contributed by atoms with Crippen molar-refractivity contribution in [2.24, 2.45) is 0 Å². The molecule has 0 N–H and O–H groups in total. The van der Waals surface area contributed by atoms with Crippen LogP contribution < -0.4 is 4.90 Å². The third kappa shape index (κ3) is 3.17. The van der Waals surface area contributed by atoms with Crippen LogP contribution in [0, 0.1) is 11.3 Å². The number of allylic oxidation sites excluding steroid dienone is 2. The minimum absolute atomic E-state index is 0.507. The van der Waals surface area contributed by atoms with Gasteiger partial charge in [-0.1, -0.05) is 24.3 Å². The van der Waals surface area contributed by atoms with E-state index in [2.05, 4.69) is 21.0 Å². The van der Waals surface area contributed by atoms with Gasteiger partial charge in [-0.2, -0.15) is 5.26 Å². The fourth-order valence-electron chi connectivity index (χ4n) is 3.21. The molecule has 0 spiro atoms. The second-order valence-electron chi connectivity index (χ2n) is 6.14. The van der Waals surface area contributed by atoms with Crippen LogP contribution in [0.25, 0.3) is 11.1 Å². The number of hydrogen-bond donors (Lipinski definition) is 0. The Morgan fingerprint density at radius 1 is 1.07 bits per heavy atom. The summed E-state index contributed by atoms with van der Waals surface area (Å²) < 4.78 is 0. The van der Waals surface area contributed by atoms with E-state index in [0.29, 0.717) is 16.8 Å². The molecule has 0 saturated carbocycles. The largest absolute Gasteiger partial charge is 0.330 e. The van der Waals surface area contributed by atoms with Crippen LogP contribution in [-0.4, -0.2) is 27.3 Å². The van der Waals surface area contributed by atoms with Crippen molar-refractivity contribution < 1.29 is 4.79 Å². The van der Waals surface area contributed by atoms with E-state index in [1.165, 1.54) is 6.33 Å². The summed E-state index contributed by atoms with van der Waals surface area (Å²) in [5.74, 6) is 0. The molecule has 1 atom stereocenters. The summed E-state index contributed by atoms with van der Waals surface area (Å²) in [6, 6.07) is 14.5. The fraction of sp³-hybridized carbons (Fsp3) is 0.0455. The Balaban J connectivity index is 1.93. The Bertz CT molecular complexity index is 1100. The first-order chi connectivity index (χ1) is 13.8. The first-order valence-electron chi connectivity index (χ1n) is 8.65. The Morgan fingerprint density at radius 2 is 1.86 bits per heavy atom. The number of benzene rings is 1. The first-order valence-corrected chi connectivity index (χ1v) is 8.65. The van der Waals surface area contributed by atoms with Gasteiger partial charge in [0.1, 0.15) is 18.7 Å². The summed E-state index contributed by atoms with van der Waals surface area (Å²) in [5.41, 5.74) is 4.20. The highest BCUT2D eigenvalue weighted by Crippen LogP contribution is 2.35. The average Bonchev–Trinajstić information content (AvgIpc) is 2.79. The number of pyridine rings is 1. The zero-order chi connectivity index (χ0) is 19.3. The van der Waals surface area contributed by atoms with Gasteiger partial charge in [-0.25, -0.2) is 9.97 Å². The molecule has 1 aromatic carbocycles. The lowest BCUT2D eigenvalue weighted by Crippen LogP contribution is -2.36. The van der Waals surface area contributed by atoms with Gasteiger partial charge < -0.3 is 9.69 Å². The van der Waals surface area contributed by atoms with Gasteiger partial charge in [-0.3, -0.25) is 4.98 Å². The SMILES string of the molecule is N#Cc1ccccc1C1=CC(c2ccccn2)=CN(c2cncnc2)C1C=O. The molecule has 28 heavy (non-hydrogen) atoms. The first kappa shape index (κ1) is 17.3. The summed E-state index contributed by atoms with van der Waals surface area (Å²) in [6.07, 6.45) is 11.1. The molecule has 3 aromatic rings. The summed E-state index contributed by atoms with van der Waals surface area (Å²) in [5, 5.41) is 9.55. The number of aromatic nitrogens is 3. The quantitative estimate of drug-likeness (QED) is 0.660. The Kier molecular flexibility index (Phi) is 4.72. The molecule has 134 valence electrons. The minimum atomic E-state index is -0.618. The zero-order valence-electron chi connectivity index (χ0n) is 14.8. The van der Waals surface area contributed by atoms with Crippen molar-refractivity contribution in [3.63, 3.8) is 0 Å². The summed E-state index contributed by atoms with van der Waals surface area (Å²) >= 11 is 0. The predicted molar refractivity (Wildman–Crippen MR) is 106 cm³/mol. The standard InChI is InChI=1S/C22H15N5O/c23-10-16-5-1-2-6-19(16)20-9-17(21-7-3-4-8-26-21)13-27(22(20)14-28)18-11-24-15-25-12-18/h1-9,11-15,22H. The number of nitrogens with zero attached hydrogens (tertiary/aromatic N) is 5. The highest BCUT2D eigenvalue weighted by molar-refractivity contribution is 5.98. The number of hydrogen-bond acceptors (Lipinski definition) is 6. The van der Waals surface area contributed by atoms with Crippen LogP contribution in [0.15, 0.2) is 79.7 Å². The van der Waals surface area contributed by atoms with Gasteiger partial charge in [0.15, 0.2) is 0 Å². The molecule has 4 rings (SSSR count). The monoisotopic (exact) mass is 365 g/mol. The molecule has 6 heteroatoms. The number of anilines is 1. The molecule has 0 fully saturated rings. The van der Waals surface area contributed by atoms with Gasteiger partial charge in [0, 0.05) is 18.0 Å². The highest BCUT2D eigenvalue weighted by Gasteiger charge is 2.28. The van der Waals surface area contributed by atoms with Crippen molar-refractivity contribution in [2.75, 3.05) is 4.90 Å². The van der Waals surface area contributed by atoms with Crippen LogP contribution in [0.2, 0.25) is 0 Å². The van der Waals surface area contributed by atoms with E-state index in [1.807, 2.05) is 42.6 Å².